The van der Waals surface area contributed by atoms with Gasteiger partial charge in [-0.25, -0.2) is 4.98 Å². The number of carbonyl (C=O) groups excluding carboxylic acids is 1. The van der Waals surface area contributed by atoms with Crippen LogP contribution in [-0.4, -0.2) is 53.6 Å². The van der Waals surface area contributed by atoms with Crippen LogP contribution in [-0.2, 0) is 9.53 Å². The highest BCUT2D eigenvalue weighted by Gasteiger charge is 2.12. The Kier molecular flexibility index (Phi) is 6.55. The molecule has 1 aromatic carbocycles. The van der Waals surface area contributed by atoms with Crippen LogP contribution in [0.2, 0.25) is 0 Å². The lowest BCUT2D eigenvalue weighted by atomic mass is 10.2. The van der Waals surface area contributed by atoms with E-state index in [2.05, 4.69) is 20.2 Å². The summed E-state index contributed by atoms with van der Waals surface area (Å²) in [5.74, 6) is 0.915. The maximum atomic E-state index is 12.0. The molecule has 1 fully saturated rings. The molecule has 1 saturated heterocycles. The van der Waals surface area contributed by atoms with Crippen molar-refractivity contribution in [3.63, 3.8) is 0 Å². The number of nitrogens with one attached hydrogen (secondary N) is 2. The van der Waals surface area contributed by atoms with Crippen molar-refractivity contribution < 1.29 is 9.53 Å². The number of fused-ring (bicyclic) bond motifs is 1. The zero-order valence-electron chi connectivity index (χ0n) is 14.2. The number of benzene rings is 1. The fourth-order valence-electron chi connectivity index (χ4n) is 2.52. The molecule has 0 spiro atoms. The van der Waals surface area contributed by atoms with Gasteiger partial charge in [-0.3, -0.25) is 9.69 Å². The highest BCUT2D eigenvalue weighted by Crippen LogP contribution is 2.17. The lowest BCUT2D eigenvalue weighted by molar-refractivity contribution is -0.116. The maximum Gasteiger partial charge on any atom is 0.225 e. The minimum Gasteiger partial charge on any atom is -0.379 e. The van der Waals surface area contributed by atoms with E-state index in [1.807, 2.05) is 39.0 Å². The molecule has 2 heterocycles. The summed E-state index contributed by atoms with van der Waals surface area (Å²) in [4.78, 5) is 21.8. The number of anilines is 1. The summed E-state index contributed by atoms with van der Waals surface area (Å²) in [7, 11) is 0. The Bertz CT molecular complexity index is 633. The number of amides is 1. The molecule has 1 aliphatic rings. The normalized spacial score (nSPS) is 15.1. The van der Waals surface area contributed by atoms with Gasteiger partial charge in [-0.2, -0.15) is 0 Å². The Morgan fingerprint density at radius 1 is 1.35 bits per heavy atom. The second-order valence-corrected chi connectivity index (χ2v) is 5.31. The number of aromatic amines is 1. The van der Waals surface area contributed by atoms with Gasteiger partial charge < -0.3 is 15.0 Å². The van der Waals surface area contributed by atoms with E-state index in [9.17, 15) is 4.79 Å². The predicted octanol–water partition coefficient (Wildman–Crippen LogP) is 2.56. The van der Waals surface area contributed by atoms with Crippen molar-refractivity contribution in [1.29, 1.82) is 0 Å². The highest BCUT2D eigenvalue weighted by atomic mass is 16.5. The lowest BCUT2D eigenvalue weighted by Gasteiger charge is -2.26. The lowest BCUT2D eigenvalue weighted by Crippen LogP contribution is -2.38. The van der Waals surface area contributed by atoms with Crippen molar-refractivity contribution in [1.82, 2.24) is 14.9 Å². The Balaban J connectivity index is 0.000000924. The number of aromatic nitrogens is 2. The third-order valence-corrected chi connectivity index (χ3v) is 3.64. The standard InChI is InChI=1S/C15H20N4O2.C2H6/c1-11-16-13-3-2-12(10-14(13)17-11)18-15(20)4-5-19-6-8-21-9-7-19;1-2/h2-3,10H,4-9H2,1H3,(H,16,17)(H,18,20);1-2H3. The van der Waals surface area contributed by atoms with Crippen LogP contribution in [0.4, 0.5) is 5.69 Å². The molecule has 0 aliphatic carbocycles. The van der Waals surface area contributed by atoms with Crippen molar-refractivity contribution >= 4 is 22.6 Å². The summed E-state index contributed by atoms with van der Waals surface area (Å²) in [6.45, 7) is 10.0. The van der Waals surface area contributed by atoms with Gasteiger partial charge in [0.25, 0.3) is 0 Å². The molecule has 2 aromatic rings. The van der Waals surface area contributed by atoms with Crippen LogP contribution in [0.15, 0.2) is 18.2 Å². The average molecular weight is 318 g/mol. The molecule has 0 radical (unpaired) electrons. The molecule has 23 heavy (non-hydrogen) atoms. The molecule has 6 heteroatoms. The van der Waals surface area contributed by atoms with Crippen LogP contribution in [0.5, 0.6) is 0 Å². The van der Waals surface area contributed by atoms with Gasteiger partial charge in [0.2, 0.25) is 5.91 Å². The SMILES string of the molecule is CC.Cc1nc2ccc(NC(=O)CCN3CCOCC3)cc2[nH]1. The first-order valence-corrected chi connectivity index (χ1v) is 8.27. The Morgan fingerprint density at radius 2 is 2.09 bits per heavy atom. The fourth-order valence-corrected chi connectivity index (χ4v) is 2.52. The van der Waals surface area contributed by atoms with Crippen molar-refractivity contribution in [3.8, 4) is 0 Å². The summed E-state index contributed by atoms with van der Waals surface area (Å²) in [6, 6.07) is 5.72. The first kappa shape index (κ1) is 17.4. The van der Waals surface area contributed by atoms with Crippen molar-refractivity contribution in [2.24, 2.45) is 0 Å². The topological polar surface area (TPSA) is 70.2 Å². The van der Waals surface area contributed by atoms with E-state index in [0.29, 0.717) is 6.42 Å². The largest absolute Gasteiger partial charge is 0.379 e. The number of hydrogen-bond donors (Lipinski definition) is 2. The molecule has 0 unspecified atom stereocenters. The second-order valence-electron chi connectivity index (χ2n) is 5.31. The molecule has 3 rings (SSSR count). The summed E-state index contributed by atoms with van der Waals surface area (Å²) >= 11 is 0. The minimum absolute atomic E-state index is 0.0390. The van der Waals surface area contributed by atoms with E-state index in [0.717, 1.165) is 55.4 Å². The number of ether oxygens (including phenoxy) is 1. The van der Waals surface area contributed by atoms with E-state index in [-0.39, 0.29) is 5.91 Å². The molecule has 0 saturated carbocycles. The summed E-state index contributed by atoms with van der Waals surface area (Å²) in [5.41, 5.74) is 2.66. The van der Waals surface area contributed by atoms with Crippen LogP contribution >= 0.6 is 0 Å². The zero-order valence-corrected chi connectivity index (χ0v) is 14.2. The summed E-state index contributed by atoms with van der Waals surface area (Å²) in [6.07, 6.45) is 0.500. The number of H-pyrrole nitrogens is 1. The predicted molar refractivity (Wildman–Crippen MR) is 92.7 cm³/mol. The van der Waals surface area contributed by atoms with Gasteiger partial charge in [0.1, 0.15) is 5.82 Å². The van der Waals surface area contributed by atoms with Gasteiger partial charge in [0.05, 0.1) is 24.2 Å². The van der Waals surface area contributed by atoms with Crippen LogP contribution in [0.25, 0.3) is 11.0 Å². The Labute approximate surface area is 137 Å². The number of nitrogens with zero attached hydrogens (tertiary/aromatic N) is 2. The van der Waals surface area contributed by atoms with Crippen molar-refractivity contribution in [2.75, 3.05) is 38.2 Å². The quantitative estimate of drug-likeness (QED) is 0.909. The number of imidazole rings is 1. The second kappa shape index (κ2) is 8.64. The van der Waals surface area contributed by atoms with E-state index in [4.69, 9.17) is 4.74 Å². The van der Waals surface area contributed by atoms with E-state index >= 15 is 0 Å². The first-order valence-electron chi connectivity index (χ1n) is 8.27. The number of aryl methyl sites for hydroxylation is 1. The summed E-state index contributed by atoms with van der Waals surface area (Å²) in [5, 5.41) is 2.94. The van der Waals surface area contributed by atoms with Gasteiger partial charge in [-0.15, -0.1) is 0 Å². The zero-order chi connectivity index (χ0) is 16.7. The minimum atomic E-state index is 0.0390. The number of morpholine rings is 1. The van der Waals surface area contributed by atoms with Gasteiger partial charge in [-0.1, -0.05) is 13.8 Å². The molecule has 126 valence electrons. The molecule has 1 aliphatic heterocycles. The Hall–Kier alpha value is -1.92. The average Bonchev–Trinajstić information content (AvgIpc) is 2.95. The molecular weight excluding hydrogens is 292 g/mol. The molecule has 0 bridgehead atoms. The highest BCUT2D eigenvalue weighted by molar-refractivity contribution is 5.93. The molecular formula is C17H26N4O2. The number of rotatable bonds is 4. The Morgan fingerprint density at radius 3 is 2.83 bits per heavy atom. The molecule has 2 N–H and O–H groups in total. The summed E-state index contributed by atoms with van der Waals surface area (Å²) < 4.78 is 5.29. The smallest absolute Gasteiger partial charge is 0.225 e. The van der Waals surface area contributed by atoms with E-state index in [1.165, 1.54) is 0 Å². The molecule has 1 aromatic heterocycles. The van der Waals surface area contributed by atoms with Crippen molar-refractivity contribution in [2.45, 2.75) is 27.2 Å². The van der Waals surface area contributed by atoms with Gasteiger partial charge in [0, 0.05) is 31.7 Å². The van der Waals surface area contributed by atoms with Gasteiger partial charge >= 0.3 is 0 Å². The van der Waals surface area contributed by atoms with Gasteiger partial charge in [0.15, 0.2) is 0 Å². The fraction of sp³-hybridized carbons (Fsp3) is 0.529. The molecule has 1 amide bonds. The maximum absolute atomic E-state index is 12.0. The molecule has 0 atom stereocenters. The molecule has 6 nitrogen and oxygen atoms in total. The van der Waals surface area contributed by atoms with E-state index in [1.54, 1.807) is 0 Å². The van der Waals surface area contributed by atoms with Crippen molar-refractivity contribution in [3.05, 3.63) is 24.0 Å². The first-order chi connectivity index (χ1) is 11.2. The number of carbonyl (C=O) groups is 1. The van der Waals surface area contributed by atoms with Crippen LogP contribution in [0.3, 0.4) is 0 Å². The van der Waals surface area contributed by atoms with E-state index < -0.39 is 0 Å². The number of hydrogen-bond acceptors (Lipinski definition) is 4. The third kappa shape index (κ3) is 5.04. The monoisotopic (exact) mass is 318 g/mol. The van der Waals surface area contributed by atoms with Crippen LogP contribution < -0.4 is 5.32 Å². The van der Waals surface area contributed by atoms with Gasteiger partial charge in [-0.05, 0) is 25.1 Å². The van der Waals surface area contributed by atoms with Crippen LogP contribution in [0.1, 0.15) is 26.1 Å². The van der Waals surface area contributed by atoms with Crippen LogP contribution in [0, 0.1) is 6.92 Å². The third-order valence-electron chi connectivity index (χ3n) is 3.64.